The van der Waals surface area contributed by atoms with Gasteiger partial charge in [-0.05, 0) is 24.6 Å². The van der Waals surface area contributed by atoms with Crippen LogP contribution in [0, 0.1) is 30.2 Å². The van der Waals surface area contributed by atoms with Gasteiger partial charge in [0.05, 0.1) is 5.69 Å². The van der Waals surface area contributed by atoms with Crippen molar-refractivity contribution in [3.8, 4) is 0 Å². The fraction of sp³-hybridized carbons (Fsp3) is 0.0714. The summed E-state index contributed by atoms with van der Waals surface area (Å²) < 4.78 is 52.9. The van der Waals surface area contributed by atoms with E-state index >= 15 is 0 Å². The summed E-state index contributed by atoms with van der Waals surface area (Å²) in [5.74, 6) is -6.51. The number of hydrogen-bond donors (Lipinski definition) is 0. The highest BCUT2D eigenvalue weighted by Crippen LogP contribution is 2.23. The van der Waals surface area contributed by atoms with Crippen molar-refractivity contribution in [1.29, 1.82) is 0 Å². The third kappa shape index (κ3) is 2.50. The molecule has 0 aromatic heterocycles. The first-order valence-electron chi connectivity index (χ1n) is 5.44. The summed E-state index contributed by atoms with van der Waals surface area (Å²) in [7, 11) is 0. The SMILES string of the molecule is Cc1c(F)c(F)c(F)c(F)c1C=Nc1ccccc1. The van der Waals surface area contributed by atoms with Crippen LogP contribution in [-0.4, -0.2) is 6.21 Å². The van der Waals surface area contributed by atoms with Crippen LogP contribution in [0.25, 0.3) is 0 Å². The van der Waals surface area contributed by atoms with Crippen LogP contribution >= 0.6 is 0 Å². The van der Waals surface area contributed by atoms with Crippen LogP contribution < -0.4 is 0 Å². The summed E-state index contributed by atoms with van der Waals surface area (Å²) in [6, 6.07) is 8.46. The lowest BCUT2D eigenvalue weighted by molar-refractivity contribution is 0.405. The van der Waals surface area contributed by atoms with Crippen molar-refractivity contribution in [3.05, 3.63) is 64.7 Å². The van der Waals surface area contributed by atoms with Gasteiger partial charge in [-0.15, -0.1) is 0 Å². The fourth-order valence-corrected chi connectivity index (χ4v) is 1.57. The number of hydrogen-bond acceptors (Lipinski definition) is 1. The molecule has 2 aromatic carbocycles. The van der Waals surface area contributed by atoms with Gasteiger partial charge in [-0.3, -0.25) is 4.99 Å². The highest BCUT2D eigenvalue weighted by atomic mass is 19.2. The molecule has 0 amide bonds. The molecule has 2 rings (SSSR count). The van der Waals surface area contributed by atoms with Crippen LogP contribution in [0.15, 0.2) is 35.3 Å². The molecule has 0 aliphatic carbocycles. The number of para-hydroxylation sites is 1. The van der Waals surface area contributed by atoms with E-state index in [2.05, 4.69) is 4.99 Å². The average Bonchev–Trinajstić information content (AvgIpc) is 2.44. The lowest BCUT2D eigenvalue weighted by Crippen LogP contribution is -2.05. The predicted molar refractivity (Wildman–Crippen MR) is 64.7 cm³/mol. The Bertz CT molecular complexity index is 607. The molecule has 0 aliphatic heterocycles. The van der Waals surface area contributed by atoms with Crippen LogP contribution in [-0.2, 0) is 0 Å². The topological polar surface area (TPSA) is 12.4 Å². The third-order valence-corrected chi connectivity index (χ3v) is 2.65. The van der Waals surface area contributed by atoms with Gasteiger partial charge in [0.25, 0.3) is 0 Å². The van der Waals surface area contributed by atoms with Crippen molar-refractivity contribution in [3.63, 3.8) is 0 Å². The van der Waals surface area contributed by atoms with Crippen molar-refractivity contribution >= 4 is 11.9 Å². The van der Waals surface area contributed by atoms with Gasteiger partial charge in [0.1, 0.15) is 0 Å². The van der Waals surface area contributed by atoms with Crippen LogP contribution in [0.4, 0.5) is 23.2 Å². The van der Waals surface area contributed by atoms with E-state index in [0.717, 1.165) is 13.1 Å². The maximum absolute atomic E-state index is 13.5. The van der Waals surface area contributed by atoms with Gasteiger partial charge in [-0.1, -0.05) is 18.2 Å². The Labute approximate surface area is 107 Å². The highest BCUT2D eigenvalue weighted by molar-refractivity contribution is 5.84. The van der Waals surface area contributed by atoms with E-state index in [1.54, 1.807) is 30.3 Å². The minimum absolute atomic E-state index is 0.323. The summed E-state index contributed by atoms with van der Waals surface area (Å²) in [5.41, 5.74) is -0.234. The third-order valence-electron chi connectivity index (χ3n) is 2.65. The summed E-state index contributed by atoms with van der Waals surface area (Å²) in [4.78, 5) is 3.89. The Kier molecular flexibility index (Phi) is 3.64. The molecule has 0 atom stereocenters. The largest absolute Gasteiger partial charge is 0.256 e. The number of nitrogens with zero attached hydrogens (tertiary/aromatic N) is 1. The molecule has 0 fully saturated rings. The zero-order valence-electron chi connectivity index (χ0n) is 9.92. The van der Waals surface area contributed by atoms with Crippen molar-refractivity contribution in [2.45, 2.75) is 6.92 Å². The smallest absolute Gasteiger partial charge is 0.198 e. The zero-order valence-corrected chi connectivity index (χ0v) is 9.92. The zero-order chi connectivity index (χ0) is 14.0. The molecule has 0 bridgehead atoms. The lowest BCUT2D eigenvalue weighted by Gasteiger charge is -2.06. The lowest BCUT2D eigenvalue weighted by atomic mass is 10.1. The van der Waals surface area contributed by atoms with E-state index in [4.69, 9.17) is 0 Å². The minimum atomic E-state index is -1.84. The van der Waals surface area contributed by atoms with Crippen LogP contribution in [0.5, 0.6) is 0 Å². The molecule has 5 heteroatoms. The second-order valence-electron chi connectivity index (χ2n) is 3.89. The van der Waals surface area contributed by atoms with E-state index in [9.17, 15) is 17.6 Å². The Morgan fingerprint density at radius 2 is 1.42 bits per heavy atom. The Morgan fingerprint density at radius 1 is 0.842 bits per heavy atom. The maximum Gasteiger partial charge on any atom is 0.198 e. The number of rotatable bonds is 2. The molecule has 19 heavy (non-hydrogen) atoms. The molecule has 0 saturated carbocycles. The van der Waals surface area contributed by atoms with Crippen LogP contribution in [0.3, 0.4) is 0 Å². The van der Waals surface area contributed by atoms with Gasteiger partial charge in [0.15, 0.2) is 23.3 Å². The second-order valence-corrected chi connectivity index (χ2v) is 3.89. The van der Waals surface area contributed by atoms with Gasteiger partial charge in [-0.25, -0.2) is 17.6 Å². The van der Waals surface area contributed by atoms with Crippen LogP contribution in [0.2, 0.25) is 0 Å². The fourth-order valence-electron chi connectivity index (χ4n) is 1.57. The van der Waals surface area contributed by atoms with Crippen molar-refractivity contribution in [1.82, 2.24) is 0 Å². The molecule has 0 unspecified atom stereocenters. The highest BCUT2D eigenvalue weighted by Gasteiger charge is 2.21. The van der Waals surface area contributed by atoms with Crippen molar-refractivity contribution < 1.29 is 17.6 Å². The van der Waals surface area contributed by atoms with Crippen molar-refractivity contribution in [2.75, 3.05) is 0 Å². The Balaban J connectivity index is 2.50. The maximum atomic E-state index is 13.5. The van der Waals surface area contributed by atoms with E-state index in [-0.39, 0.29) is 5.56 Å². The summed E-state index contributed by atoms with van der Waals surface area (Å²) >= 11 is 0. The molecule has 0 aliphatic rings. The van der Waals surface area contributed by atoms with Gasteiger partial charge < -0.3 is 0 Å². The summed E-state index contributed by atoms with van der Waals surface area (Å²) in [6.45, 7) is 1.16. The molecular formula is C14H9F4N. The van der Waals surface area contributed by atoms with E-state index < -0.39 is 28.8 Å². The van der Waals surface area contributed by atoms with Gasteiger partial charge >= 0.3 is 0 Å². The first-order valence-corrected chi connectivity index (χ1v) is 5.44. The Hall–Kier alpha value is -2.17. The number of benzene rings is 2. The van der Waals surface area contributed by atoms with Gasteiger partial charge in [0, 0.05) is 11.8 Å². The Morgan fingerprint density at radius 3 is 2.05 bits per heavy atom. The molecule has 2 aromatic rings. The molecule has 0 radical (unpaired) electrons. The van der Waals surface area contributed by atoms with Gasteiger partial charge in [0.2, 0.25) is 0 Å². The van der Waals surface area contributed by atoms with Crippen molar-refractivity contribution in [2.24, 2.45) is 4.99 Å². The van der Waals surface area contributed by atoms with Gasteiger partial charge in [-0.2, -0.15) is 0 Å². The van der Waals surface area contributed by atoms with E-state index in [1.807, 2.05) is 0 Å². The second kappa shape index (κ2) is 5.22. The van der Waals surface area contributed by atoms with E-state index in [0.29, 0.717) is 5.69 Å². The number of halogens is 4. The normalized spacial score (nSPS) is 11.2. The molecule has 98 valence electrons. The molecule has 0 spiro atoms. The summed E-state index contributed by atoms with van der Waals surface area (Å²) in [6.07, 6.45) is 0.978. The predicted octanol–water partition coefficient (Wildman–Crippen LogP) is 4.30. The molecule has 0 heterocycles. The monoisotopic (exact) mass is 267 g/mol. The molecular weight excluding hydrogens is 258 g/mol. The molecule has 1 nitrogen and oxygen atoms in total. The first kappa shape index (κ1) is 13.3. The number of aliphatic imine (C=N–C) groups is 1. The molecule has 0 saturated heterocycles. The van der Waals surface area contributed by atoms with E-state index in [1.165, 1.54) is 0 Å². The first-order chi connectivity index (χ1) is 9.02. The summed E-state index contributed by atoms with van der Waals surface area (Å²) in [5, 5.41) is 0. The molecule has 0 N–H and O–H groups in total. The standard InChI is InChI=1S/C14H9F4N/c1-8-10(7-19-9-5-3-2-4-6-9)12(16)14(18)13(17)11(8)15/h2-7H,1H3. The quantitative estimate of drug-likeness (QED) is 0.333. The average molecular weight is 267 g/mol. The van der Waals surface area contributed by atoms with Crippen LogP contribution in [0.1, 0.15) is 11.1 Å². The minimum Gasteiger partial charge on any atom is -0.256 e.